The van der Waals surface area contributed by atoms with Crippen molar-refractivity contribution in [3.05, 3.63) is 35.5 Å². The fourth-order valence-corrected chi connectivity index (χ4v) is 2.48. The summed E-state index contributed by atoms with van der Waals surface area (Å²) in [5, 5.41) is 10.4. The predicted octanol–water partition coefficient (Wildman–Crippen LogP) is 1.67. The number of aliphatic hydroxyl groups is 1. The molecule has 3 rings (SSSR count). The monoisotopic (exact) mass is 245 g/mol. The van der Waals surface area contributed by atoms with E-state index in [1.165, 1.54) is 0 Å². The van der Waals surface area contributed by atoms with Crippen LogP contribution in [0.4, 0.5) is 0 Å². The van der Waals surface area contributed by atoms with E-state index in [-0.39, 0.29) is 12.4 Å². The van der Waals surface area contributed by atoms with Gasteiger partial charge in [-0.3, -0.25) is 4.79 Å². The van der Waals surface area contributed by atoms with Crippen LogP contribution in [-0.2, 0) is 4.74 Å². The fourth-order valence-electron chi connectivity index (χ4n) is 2.48. The molecule has 2 aromatic rings. The van der Waals surface area contributed by atoms with Gasteiger partial charge in [0.05, 0.1) is 19.8 Å². The highest BCUT2D eigenvalue weighted by molar-refractivity contribution is 6.12. The zero-order valence-electron chi connectivity index (χ0n) is 10.2. The van der Waals surface area contributed by atoms with Crippen LogP contribution in [0, 0.1) is 12.3 Å². The Labute approximate surface area is 105 Å². The van der Waals surface area contributed by atoms with Gasteiger partial charge in [0.2, 0.25) is 0 Å². The molecule has 0 spiro atoms. The van der Waals surface area contributed by atoms with Gasteiger partial charge in [0.1, 0.15) is 5.41 Å². The molecule has 0 amide bonds. The first-order chi connectivity index (χ1) is 8.68. The van der Waals surface area contributed by atoms with E-state index in [4.69, 9.17) is 4.74 Å². The van der Waals surface area contributed by atoms with Crippen molar-refractivity contribution in [3.8, 4) is 0 Å². The van der Waals surface area contributed by atoms with E-state index < -0.39 is 5.41 Å². The number of nitrogens with one attached hydrogen (secondary N) is 1. The Kier molecular flexibility index (Phi) is 2.50. The average Bonchev–Trinajstić information content (AvgIpc) is 2.63. The van der Waals surface area contributed by atoms with Crippen molar-refractivity contribution in [3.63, 3.8) is 0 Å². The van der Waals surface area contributed by atoms with Gasteiger partial charge in [-0.05, 0) is 13.0 Å². The van der Waals surface area contributed by atoms with E-state index in [9.17, 15) is 9.90 Å². The number of Topliss-reactive ketones (excluding diaryl/α,β-unsaturated/α-hetero) is 1. The maximum atomic E-state index is 12.6. The summed E-state index contributed by atoms with van der Waals surface area (Å²) >= 11 is 0. The first-order valence-electron chi connectivity index (χ1n) is 5.99. The molecule has 0 aliphatic carbocycles. The number of carbonyl (C=O) groups excluding carboxylic acids is 1. The third-order valence-electron chi connectivity index (χ3n) is 3.66. The van der Waals surface area contributed by atoms with Gasteiger partial charge < -0.3 is 14.8 Å². The van der Waals surface area contributed by atoms with Gasteiger partial charge in [-0.2, -0.15) is 0 Å². The molecule has 1 aromatic heterocycles. The van der Waals surface area contributed by atoms with E-state index in [2.05, 4.69) is 4.98 Å². The number of para-hydroxylation sites is 1. The summed E-state index contributed by atoms with van der Waals surface area (Å²) in [6.07, 6.45) is 0. The highest BCUT2D eigenvalue weighted by Gasteiger charge is 2.46. The third-order valence-corrected chi connectivity index (χ3v) is 3.66. The molecule has 18 heavy (non-hydrogen) atoms. The van der Waals surface area contributed by atoms with Gasteiger partial charge in [-0.25, -0.2) is 0 Å². The minimum absolute atomic E-state index is 0.0220. The second-order valence-corrected chi connectivity index (χ2v) is 4.93. The molecular weight excluding hydrogens is 230 g/mol. The standard InChI is InChI=1S/C14H15NO3/c1-9-12(10-4-2-3-5-11(10)15-9)13(17)14(6-16)7-18-8-14/h2-5,15-16H,6-8H2,1H3. The molecule has 0 radical (unpaired) electrons. The van der Waals surface area contributed by atoms with Crippen LogP contribution in [0.25, 0.3) is 10.9 Å². The zero-order chi connectivity index (χ0) is 12.8. The Morgan fingerprint density at radius 1 is 1.44 bits per heavy atom. The summed E-state index contributed by atoms with van der Waals surface area (Å²) in [5.74, 6) is -0.0220. The Bertz CT molecular complexity index is 605. The molecule has 1 fully saturated rings. The van der Waals surface area contributed by atoms with Crippen molar-refractivity contribution in [2.45, 2.75) is 6.92 Å². The van der Waals surface area contributed by atoms with Crippen molar-refractivity contribution in [1.29, 1.82) is 0 Å². The number of hydrogen-bond donors (Lipinski definition) is 2. The van der Waals surface area contributed by atoms with Crippen molar-refractivity contribution in [2.24, 2.45) is 5.41 Å². The van der Waals surface area contributed by atoms with Crippen LogP contribution >= 0.6 is 0 Å². The molecule has 2 N–H and O–H groups in total. The van der Waals surface area contributed by atoms with Crippen LogP contribution in [0.5, 0.6) is 0 Å². The summed E-state index contributed by atoms with van der Waals surface area (Å²) < 4.78 is 5.11. The minimum Gasteiger partial charge on any atom is -0.395 e. The molecule has 0 atom stereocenters. The predicted molar refractivity (Wildman–Crippen MR) is 67.7 cm³/mol. The van der Waals surface area contributed by atoms with E-state index in [1.54, 1.807) is 0 Å². The maximum Gasteiger partial charge on any atom is 0.178 e. The molecule has 94 valence electrons. The Morgan fingerprint density at radius 3 is 2.78 bits per heavy atom. The lowest BCUT2D eigenvalue weighted by Gasteiger charge is -2.38. The second-order valence-electron chi connectivity index (χ2n) is 4.93. The molecule has 4 heteroatoms. The molecule has 1 saturated heterocycles. The van der Waals surface area contributed by atoms with Gasteiger partial charge in [0.25, 0.3) is 0 Å². The molecule has 0 bridgehead atoms. The fraction of sp³-hybridized carbons (Fsp3) is 0.357. The second kappa shape index (κ2) is 3.93. The van der Waals surface area contributed by atoms with E-state index in [1.807, 2.05) is 31.2 Å². The van der Waals surface area contributed by atoms with Gasteiger partial charge in [0.15, 0.2) is 5.78 Å². The van der Waals surface area contributed by atoms with Crippen LogP contribution in [0.2, 0.25) is 0 Å². The summed E-state index contributed by atoms with van der Waals surface area (Å²) in [7, 11) is 0. The minimum atomic E-state index is -0.740. The van der Waals surface area contributed by atoms with E-state index >= 15 is 0 Å². The number of hydrogen-bond acceptors (Lipinski definition) is 3. The number of aromatic nitrogens is 1. The summed E-state index contributed by atoms with van der Waals surface area (Å²) in [4.78, 5) is 15.8. The van der Waals surface area contributed by atoms with Gasteiger partial charge in [0, 0.05) is 22.2 Å². The van der Waals surface area contributed by atoms with Crippen LogP contribution in [-0.4, -0.2) is 35.7 Å². The molecule has 1 aliphatic rings. The lowest BCUT2D eigenvalue weighted by molar-refractivity contribution is -0.109. The third kappa shape index (κ3) is 1.43. The lowest BCUT2D eigenvalue weighted by atomic mass is 9.78. The van der Waals surface area contributed by atoms with Crippen molar-refractivity contribution in [1.82, 2.24) is 4.98 Å². The maximum absolute atomic E-state index is 12.6. The van der Waals surface area contributed by atoms with Gasteiger partial charge in [-0.1, -0.05) is 18.2 Å². The first-order valence-corrected chi connectivity index (χ1v) is 5.99. The normalized spacial score (nSPS) is 17.7. The number of aliphatic hydroxyl groups excluding tert-OH is 1. The molecule has 2 heterocycles. The average molecular weight is 245 g/mol. The summed E-state index contributed by atoms with van der Waals surface area (Å²) in [6.45, 7) is 2.34. The Morgan fingerprint density at radius 2 is 2.17 bits per heavy atom. The molecular formula is C14H15NO3. The van der Waals surface area contributed by atoms with Gasteiger partial charge >= 0.3 is 0 Å². The van der Waals surface area contributed by atoms with E-state index in [0.717, 1.165) is 16.6 Å². The SMILES string of the molecule is Cc1[nH]c2ccccc2c1C(=O)C1(CO)COC1. The van der Waals surface area contributed by atoms with Crippen molar-refractivity contribution in [2.75, 3.05) is 19.8 Å². The number of H-pyrrole nitrogens is 1. The van der Waals surface area contributed by atoms with Gasteiger partial charge in [-0.15, -0.1) is 0 Å². The van der Waals surface area contributed by atoms with Crippen molar-refractivity contribution >= 4 is 16.7 Å². The molecule has 0 saturated carbocycles. The Hall–Kier alpha value is -1.65. The molecule has 1 aromatic carbocycles. The van der Waals surface area contributed by atoms with Crippen LogP contribution in [0.3, 0.4) is 0 Å². The summed E-state index contributed by atoms with van der Waals surface area (Å²) in [6, 6.07) is 7.72. The van der Waals surface area contributed by atoms with Crippen LogP contribution < -0.4 is 0 Å². The highest BCUT2D eigenvalue weighted by atomic mass is 16.5. The van der Waals surface area contributed by atoms with E-state index in [0.29, 0.717) is 18.8 Å². The smallest absolute Gasteiger partial charge is 0.178 e. The number of ether oxygens (including phenoxy) is 1. The first kappa shape index (κ1) is 11.4. The number of aromatic amines is 1. The summed E-state index contributed by atoms with van der Waals surface area (Å²) in [5.41, 5.74) is 1.74. The number of carbonyl (C=O) groups is 1. The number of rotatable bonds is 3. The Balaban J connectivity index is 2.14. The number of benzene rings is 1. The van der Waals surface area contributed by atoms with Crippen LogP contribution in [0.15, 0.2) is 24.3 Å². The topological polar surface area (TPSA) is 62.3 Å². The largest absolute Gasteiger partial charge is 0.395 e. The highest BCUT2D eigenvalue weighted by Crippen LogP contribution is 2.35. The number of fused-ring (bicyclic) bond motifs is 1. The zero-order valence-corrected chi connectivity index (χ0v) is 10.2. The molecule has 4 nitrogen and oxygen atoms in total. The lowest BCUT2D eigenvalue weighted by Crippen LogP contribution is -2.51. The van der Waals surface area contributed by atoms with Crippen molar-refractivity contribution < 1.29 is 14.6 Å². The molecule has 0 unspecified atom stereocenters. The number of aryl methyl sites for hydroxylation is 1. The number of ketones is 1. The molecule has 1 aliphatic heterocycles. The van der Waals surface area contributed by atoms with Crippen LogP contribution in [0.1, 0.15) is 16.1 Å². The quantitative estimate of drug-likeness (QED) is 0.808.